The number of fused-ring (bicyclic) bond motifs is 2. The molecular weight excluding hydrogens is 386 g/mol. The zero-order chi connectivity index (χ0) is 21.6. The van der Waals surface area contributed by atoms with Crippen LogP contribution >= 0.6 is 0 Å². The van der Waals surface area contributed by atoms with E-state index in [9.17, 15) is 9.90 Å². The maximum atomic E-state index is 12.9. The Hall–Kier alpha value is -1.65. The molecule has 4 nitrogen and oxygen atoms in total. The Morgan fingerprint density at radius 3 is 2.65 bits per heavy atom. The molecule has 1 aromatic rings. The van der Waals surface area contributed by atoms with Gasteiger partial charge in [-0.2, -0.15) is 0 Å². The molecule has 6 atom stereocenters. The maximum absolute atomic E-state index is 12.9. The molecule has 0 aromatic heterocycles. The highest BCUT2D eigenvalue weighted by Gasteiger charge is 2.59. The van der Waals surface area contributed by atoms with Crippen molar-refractivity contribution in [1.82, 2.24) is 4.90 Å². The summed E-state index contributed by atoms with van der Waals surface area (Å²) in [5.41, 5.74) is 2.52. The van der Waals surface area contributed by atoms with Crippen LogP contribution < -0.4 is 0 Å². The lowest BCUT2D eigenvalue weighted by atomic mass is 9.55. The molecule has 0 radical (unpaired) electrons. The minimum Gasteiger partial charge on any atom is -0.461 e. The van der Waals surface area contributed by atoms with Crippen LogP contribution in [0.5, 0.6) is 0 Å². The van der Waals surface area contributed by atoms with E-state index in [0.29, 0.717) is 5.92 Å². The minimum atomic E-state index is -0.500. The third-order valence-corrected chi connectivity index (χ3v) is 9.10. The van der Waals surface area contributed by atoms with E-state index in [2.05, 4.69) is 55.2 Å². The maximum Gasteiger partial charge on any atom is 0.311 e. The third kappa shape index (κ3) is 3.76. The van der Waals surface area contributed by atoms with Crippen molar-refractivity contribution in [2.75, 3.05) is 19.6 Å². The van der Waals surface area contributed by atoms with Gasteiger partial charge < -0.3 is 14.7 Å². The van der Waals surface area contributed by atoms with Crippen LogP contribution in [0.15, 0.2) is 42.0 Å². The number of allylic oxidation sites excluding steroid dienone is 1. The lowest BCUT2D eigenvalue weighted by molar-refractivity contribution is -0.145. The second kappa shape index (κ2) is 8.37. The van der Waals surface area contributed by atoms with Crippen LogP contribution in [0.2, 0.25) is 0 Å². The van der Waals surface area contributed by atoms with E-state index in [1.165, 1.54) is 24.0 Å². The number of nitrogens with zero attached hydrogens (tertiary/aromatic N) is 1. The standard InChI is InChI=1S/C27H37NO3/c1-18-7-6-10-21-16-23-24(25(29)27(18,21)2)22(26(30)31-23)17-28-13-11-20(12-14-28)15-19-8-4-3-5-9-19/h3-5,8-10,18,20,22-25,29H,6-7,11-17H2,1-2H3/t18-,22-,23+,24+,25+,27+/m0/s1. The summed E-state index contributed by atoms with van der Waals surface area (Å²) in [5, 5.41) is 11.5. The van der Waals surface area contributed by atoms with Gasteiger partial charge in [-0.05, 0) is 62.6 Å². The van der Waals surface area contributed by atoms with Crippen molar-refractivity contribution in [2.24, 2.45) is 29.1 Å². The normalized spacial score (nSPS) is 38.9. The van der Waals surface area contributed by atoms with E-state index < -0.39 is 6.10 Å². The van der Waals surface area contributed by atoms with Crippen molar-refractivity contribution in [3.63, 3.8) is 0 Å². The van der Waals surface area contributed by atoms with E-state index in [1.807, 2.05) is 0 Å². The molecule has 0 unspecified atom stereocenters. The average Bonchev–Trinajstić information content (AvgIpc) is 3.07. The lowest BCUT2D eigenvalue weighted by Crippen LogP contribution is -2.55. The van der Waals surface area contributed by atoms with Crippen molar-refractivity contribution < 1.29 is 14.6 Å². The summed E-state index contributed by atoms with van der Waals surface area (Å²) in [7, 11) is 0. The van der Waals surface area contributed by atoms with E-state index in [1.54, 1.807) is 0 Å². The van der Waals surface area contributed by atoms with Gasteiger partial charge in [0.15, 0.2) is 0 Å². The molecule has 1 saturated carbocycles. The van der Waals surface area contributed by atoms with Gasteiger partial charge in [0.05, 0.1) is 12.0 Å². The van der Waals surface area contributed by atoms with Crippen molar-refractivity contribution in [3.8, 4) is 0 Å². The number of aliphatic hydroxyl groups excluding tert-OH is 1. The summed E-state index contributed by atoms with van der Waals surface area (Å²) in [4.78, 5) is 15.3. The number of carbonyl (C=O) groups is 1. The van der Waals surface area contributed by atoms with Crippen LogP contribution in [-0.2, 0) is 16.0 Å². The average molecular weight is 424 g/mol. The molecule has 4 aliphatic rings. The van der Waals surface area contributed by atoms with E-state index >= 15 is 0 Å². The molecule has 5 rings (SSSR count). The van der Waals surface area contributed by atoms with Crippen LogP contribution in [0.4, 0.5) is 0 Å². The van der Waals surface area contributed by atoms with Gasteiger partial charge in [-0.3, -0.25) is 4.79 Å². The molecule has 168 valence electrons. The summed E-state index contributed by atoms with van der Waals surface area (Å²) in [6.45, 7) is 7.29. The predicted molar refractivity (Wildman–Crippen MR) is 121 cm³/mol. The first-order valence-electron chi connectivity index (χ1n) is 12.3. The van der Waals surface area contributed by atoms with Crippen LogP contribution in [0.3, 0.4) is 0 Å². The minimum absolute atomic E-state index is 0.0720. The van der Waals surface area contributed by atoms with Crippen molar-refractivity contribution in [2.45, 2.75) is 64.6 Å². The number of rotatable bonds is 4. The molecule has 0 bridgehead atoms. The first-order chi connectivity index (χ1) is 15.0. The molecule has 0 spiro atoms. The number of aliphatic hydroxyl groups is 1. The van der Waals surface area contributed by atoms with Gasteiger partial charge in [-0.25, -0.2) is 0 Å². The SMILES string of the molecule is C[C@H]1CCC=C2C[C@H]3OC(=O)[C@@H](CN4CCC(Cc5ccccc5)CC4)[C@H]3[C@@H](O)[C@@]21C. The second-order valence-corrected chi connectivity index (χ2v) is 10.7. The number of likely N-dealkylation sites (tertiary alicyclic amines) is 1. The quantitative estimate of drug-likeness (QED) is 0.582. The fourth-order valence-electron chi connectivity index (χ4n) is 6.87. The van der Waals surface area contributed by atoms with E-state index in [-0.39, 0.29) is 29.3 Å². The Balaban J connectivity index is 1.24. The van der Waals surface area contributed by atoms with Gasteiger partial charge in [-0.15, -0.1) is 0 Å². The summed E-state index contributed by atoms with van der Waals surface area (Å²) in [6, 6.07) is 10.8. The van der Waals surface area contributed by atoms with Gasteiger partial charge in [0.25, 0.3) is 0 Å². The smallest absolute Gasteiger partial charge is 0.311 e. The zero-order valence-corrected chi connectivity index (χ0v) is 19.0. The molecule has 3 fully saturated rings. The molecule has 2 heterocycles. The Morgan fingerprint density at radius 2 is 1.90 bits per heavy atom. The highest BCUT2D eigenvalue weighted by Crippen LogP contribution is 2.56. The fourth-order valence-corrected chi connectivity index (χ4v) is 6.87. The Kier molecular flexibility index (Phi) is 5.72. The second-order valence-electron chi connectivity index (χ2n) is 10.7. The molecule has 2 saturated heterocycles. The molecule has 2 aliphatic carbocycles. The summed E-state index contributed by atoms with van der Waals surface area (Å²) >= 11 is 0. The summed E-state index contributed by atoms with van der Waals surface area (Å²) < 4.78 is 5.85. The Bertz CT molecular complexity index is 828. The Labute approximate surface area is 186 Å². The first kappa shape index (κ1) is 21.2. The van der Waals surface area contributed by atoms with Crippen LogP contribution in [-0.4, -0.2) is 47.8 Å². The highest BCUT2D eigenvalue weighted by molar-refractivity contribution is 5.76. The summed E-state index contributed by atoms with van der Waals surface area (Å²) in [5.74, 6) is 0.803. The van der Waals surface area contributed by atoms with Crippen LogP contribution in [0.25, 0.3) is 0 Å². The van der Waals surface area contributed by atoms with Gasteiger partial charge in [0, 0.05) is 24.3 Å². The number of piperidine rings is 1. The number of carbonyl (C=O) groups excluding carboxylic acids is 1. The largest absolute Gasteiger partial charge is 0.461 e. The Morgan fingerprint density at radius 1 is 1.16 bits per heavy atom. The van der Waals surface area contributed by atoms with Gasteiger partial charge in [0.1, 0.15) is 6.10 Å². The van der Waals surface area contributed by atoms with E-state index in [0.717, 1.165) is 51.2 Å². The van der Waals surface area contributed by atoms with E-state index in [4.69, 9.17) is 4.74 Å². The lowest BCUT2D eigenvalue weighted by Gasteiger charge is -2.52. The number of hydrogen-bond donors (Lipinski definition) is 1. The topological polar surface area (TPSA) is 49.8 Å². The molecule has 1 aromatic carbocycles. The molecule has 2 aliphatic heterocycles. The predicted octanol–water partition coefficient (Wildman–Crippen LogP) is 4.23. The number of hydrogen-bond acceptors (Lipinski definition) is 4. The number of esters is 1. The fraction of sp³-hybridized carbons (Fsp3) is 0.667. The molecular formula is C27H37NO3. The zero-order valence-electron chi connectivity index (χ0n) is 19.0. The van der Waals surface area contributed by atoms with Crippen LogP contribution in [0, 0.1) is 29.1 Å². The molecule has 31 heavy (non-hydrogen) atoms. The highest BCUT2D eigenvalue weighted by atomic mass is 16.6. The monoisotopic (exact) mass is 423 g/mol. The van der Waals surface area contributed by atoms with Crippen molar-refractivity contribution >= 4 is 5.97 Å². The van der Waals surface area contributed by atoms with Gasteiger partial charge in [0.2, 0.25) is 0 Å². The van der Waals surface area contributed by atoms with Crippen LogP contribution in [0.1, 0.15) is 51.5 Å². The molecule has 0 amide bonds. The number of ether oxygens (including phenoxy) is 1. The van der Waals surface area contributed by atoms with Crippen molar-refractivity contribution in [1.29, 1.82) is 0 Å². The summed E-state index contributed by atoms with van der Waals surface area (Å²) in [6.07, 6.45) is 8.16. The van der Waals surface area contributed by atoms with Gasteiger partial charge >= 0.3 is 5.97 Å². The third-order valence-electron chi connectivity index (χ3n) is 9.10. The van der Waals surface area contributed by atoms with Crippen molar-refractivity contribution in [3.05, 3.63) is 47.5 Å². The van der Waals surface area contributed by atoms with Gasteiger partial charge in [-0.1, -0.05) is 55.8 Å². The molecule has 1 N–H and O–H groups in total. The first-order valence-corrected chi connectivity index (χ1v) is 12.3. The molecule has 4 heteroatoms. The number of benzene rings is 1.